The van der Waals surface area contributed by atoms with Crippen LogP contribution in [0.5, 0.6) is 0 Å². The van der Waals surface area contributed by atoms with Crippen molar-refractivity contribution < 1.29 is 5.11 Å². The highest BCUT2D eigenvalue weighted by molar-refractivity contribution is 5.22. The van der Waals surface area contributed by atoms with E-state index in [1.54, 1.807) is 0 Å². The zero-order chi connectivity index (χ0) is 7.84. The van der Waals surface area contributed by atoms with Gasteiger partial charge >= 0.3 is 0 Å². The number of rotatable bonds is 1. The minimum absolute atomic E-state index is 0.416. The van der Waals surface area contributed by atoms with Gasteiger partial charge in [-0.15, -0.1) is 0 Å². The second-order valence-corrected chi connectivity index (χ2v) is 3.30. The molecule has 0 radical (unpaired) electrons. The molecule has 1 aliphatic carbocycles. The van der Waals surface area contributed by atoms with E-state index in [9.17, 15) is 0 Å². The van der Waals surface area contributed by atoms with Crippen molar-refractivity contribution in [2.75, 3.05) is 6.54 Å². The molecule has 2 heteroatoms. The number of aliphatic hydroxyl groups excluding tert-OH is 1. The zero-order valence-electron chi connectivity index (χ0n) is 6.75. The molecule has 1 N–H and O–H groups in total. The molecule has 0 spiro atoms. The second kappa shape index (κ2) is 2.29. The van der Waals surface area contributed by atoms with Crippen molar-refractivity contribution in [1.29, 1.82) is 0 Å². The Morgan fingerprint density at radius 3 is 2.82 bits per heavy atom. The minimum atomic E-state index is 0.416. The first-order chi connectivity index (χ1) is 5.27. The topological polar surface area (TPSA) is 23.5 Å². The van der Waals surface area contributed by atoms with Crippen molar-refractivity contribution in [2.24, 2.45) is 0 Å². The molecule has 0 aromatic rings. The predicted octanol–water partition coefficient (Wildman–Crippen LogP) is 1.81. The summed E-state index contributed by atoms with van der Waals surface area (Å²) in [5, 5.41) is 9.16. The summed E-state index contributed by atoms with van der Waals surface area (Å²) in [4.78, 5) is 2.35. The second-order valence-electron chi connectivity index (χ2n) is 3.30. The van der Waals surface area contributed by atoms with Crippen molar-refractivity contribution in [1.82, 2.24) is 4.90 Å². The lowest BCUT2D eigenvalue weighted by Gasteiger charge is -2.26. The molecule has 60 valence electrons. The van der Waals surface area contributed by atoms with Gasteiger partial charge in [0, 0.05) is 18.3 Å². The van der Waals surface area contributed by atoms with Crippen molar-refractivity contribution in [3.8, 4) is 0 Å². The van der Waals surface area contributed by atoms with Gasteiger partial charge in [0.15, 0.2) is 0 Å². The van der Waals surface area contributed by atoms with Crippen LogP contribution in [0, 0.1) is 0 Å². The Hall–Kier alpha value is -0.920. The lowest BCUT2D eigenvalue weighted by Crippen LogP contribution is -2.26. The minimum Gasteiger partial charge on any atom is -0.508 e. The Bertz CT molecular complexity index is 226. The summed E-state index contributed by atoms with van der Waals surface area (Å²) >= 11 is 0. The Labute approximate surface area is 66.8 Å². The molecular formula is C9H13NO. The van der Waals surface area contributed by atoms with Gasteiger partial charge in [0.1, 0.15) is 5.76 Å². The first kappa shape index (κ1) is 6.77. The van der Waals surface area contributed by atoms with Crippen molar-refractivity contribution in [2.45, 2.75) is 25.8 Å². The molecule has 2 aliphatic rings. The maximum atomic E-state index is 9.16. The molecule has 0 saturated heterocycles. The number of aliphatic hydroxyl groups is 1. The van der Waals surface area contributed by atoms with E-state index in [0.29, 0.717) is 5.76 Å². The molecule has 11 heavy (non-hydrogen) atoms. The van der Waals surface area contributed by atoms with Crippen LogP contribution in [0.3, 0.4) is 0 Å². The highest BCUT2D eigenvalue weighted by Crippen LogP contribution is 2.31. The third-order valence-corrected chi connectivity index (χ3v) is 2.29. The van der Waals surface area contributed by atoms with E-state index in [4.69, 9.17) is 5.11 Å². The van der Waals surface area contributed by atoms with E-state index < -0.39 is 0 Å². The van der Waals surface area contributed by atoms with E-state index in [1.807, 2.05) is 12.2 Å². The van der Waals surface area contributed by atoms with Gasteiger partial charge in [-0.1, -0.05) is 0 Å². The van der Waals surface area contributed by atoms with Gasteiger partial charge in [0.2, 0.25) is 0 Å². The van der Waals surface area contributed by atoms with Crippen molar-refractivity contribution in [3.63, 3.8) is 0 Å². The molecule has 1 saturated carbocycles. The van der Waals surface area contributed by atoms with Crippen molar-refractivity contribution >= 4 is 0 Å². The maximum absolute atomic E-state index is 9.16. The summed E-state index contributed by atoms with van der Waals surface area (Å²) in [6.45, 7) is 2.94. The quantitative estimate of drug-likeness (QED) is 0.617. The molecule has 0 bridgehead atoms. The highest BCUT2D eigenvalue weighted by atomic mass is 16.3. The van der Waals surface area contributed by atoms with E-state index in [0.717, 1.165) is 12.6 Å². The van der Waals surface area contributed by atoms with E-state index in [1.165, 1.54) is 18.5 Å². The molecule has 0 aromatic heterocycles. The van der Waals surface area contributed by atoms with Crippen LogP contribution in [0.25, 0.3) is 0 Å². The molecule has 0 amide bonds. The molecule has 0 aromatic carbocycles. The van der Waals surface area contributed by atoms with Crippen molar-refractivity contribution in [3.05, 3.63) is 23.6 Å². The summed E-state index contributed by atoms with van der Waals surface area (Å²) in [6, 6.07) is 0.760. The Kier molecular flexibility index (Phi) is 1.41. The predicted molar refractivity (Wildman–Crippen MR) is 44.2 cm³/mol. The van der Waals surface area contributed by atoms with E-state index in [2.05, 4.69) is 11.8 Å². The first-order valence-electron chi connectivity index (χ1n) is 4.11. The molecule has 2 nitrogen and oxygen atoms in total. The number of nitrogens with zero attached hydrogens (tertiary/aromatic N) is 1. The summed E-state index contributed by atoms with van der Waals surface area (Å²) in [6.07, 6.45) is 6.34. The third-order valence-electron chi connectivity index (χ3n) is 2.29. The average Bonchev–Trinajstić information content (AvgIpc) is 2.70. The number of allylic oxidation sites excluding steroid dienone is 2. The lowest BCUT2D eigenvalue weighted by molar-refractivity contribution is 0.341. The van der Waals surface area contributed by atoms with Crippen LogP contribution in [0.1, 0.15) is 19.8 Å². The fourth-order valence-electron chi connectivity index (χ4n) is 1.51. The van der Waals surface area contributed by atoms with Gasteiger partial charge in [0.25, 0.3) is 0 Å². The smallest absolute Gasteiger partial charge is 0.115 e. The van der Waals surface area contributed by atoms with Gasteiger partial charge in [0.05, 0.1) is 0 Å². The van der Waals surface area contributed by atoms with Gasteiger partial charge in [-0.3, -0.25) is 0 Å². The summed E-state index contributed by atoms with van der Waals surface area (Å²) in [5.74, 6) is 0.416. The molecular weight excluding hydrogens is 138 g/mol. The van der Waals surface area contributed by atoms with Crippen LogP contribution in [0.15, 0.2) is 23.6 Å². The van der Waals surface area contributed by atoms with Crippen LogP contribution in [0.4, 0.5) is 0 Å². The molecule has 2 rings (SSSR count). The van der Waals surface area contributed by atoms with Gasteiger partial charge in [-0.25, -0.2) is 0 Å². The largest absolute Gasteiger partial charge is 0.508 e. The van der Waals surface area contributed by atoms with Gasteiger partial charge in [-0.05, 0) is 31.9 Å². The van der Waals surface area contributed by atoms with Crippen LogP contribution in [-0.4, -0.2) is 22.6 Å². The third kappa shape index (κ3) is 1.25. The fraction of sp³-hybridized carbons (Fsp3) is 0.556. The van der Waals surface area contributed by atoms with Gasteiger partial charge < -0.3 is 10.0 Å². The van der Waals surface area contributed by atoms with Crippen LogP contribution >= 0.6 is 0 Å². The lowest BCUT2D eigenvalue weighted by atomic mass is 10.2. The Balaban J connectivity index is 2.11. The molecule has 1 aliphatic heterocycles. The normalized spacial score (nSPS) is 24.6. The number of hydrogen-bond acceptors (Lipinski definition) is 2. The standard InChI is InChI=1S/C9H13NO/c1-7-6-9(11)4-5-10(7)8-2-3-8/h4,6,8,11H,2-3,5H2,1H3. The molecule has 1 fully saturated rings. The molecule has 0 atom stereocenters. The van der Waals surface area contributed by atoms with Gasteiger partial charge in [-0.2, -0.15) is 0 Å². The van der Waals surface area contributed by atoms with E-state index in [-0.39, 0.29) is 0 Å². The summed E-state index contributed by atoms with van der Waals surface area (Å²) < 4.78 is 0. The average molecular weight is 151 g/mol. The SMILES string of the molecule is CC1=CC(O)=CCN1C1CC1. The first-order valence-corrected chi connectivity index (χ1v) is 4.11. The van der Waals surface area contributed by atoms with Crippen LogP contribution < -0.4 is 0 Å². The molecule has 0 unspecified atom stereocenters. The van der Waals surface area contributed by atoms with Crippen LogP contribution in [0.2, 0.25) is 0 Å². The summed E-state index contributed by atoms with van der Waals surface area (Å²) in [7, 11) is 0. The Morgan fingerprint density at radius 1 is 1.55 bits per heavy atom. The fourth-order valence-corrected chi connectivity index (χ4v) is 1.51. The monoisotopic (exact) mass is 151 g/mol. The van der Waals surface area contributed by atoms with Crippen LogP contribution in [-0.2, 0) is 0 Å². The maximum Gasteiger partial charge on any atom is 0.115 e. The summed E-state index contributed by atoms with van der Waals surface area (Å²) in [5.41, 5.74) is 1.20. The molecule has 1 heterocycles. The zero-order valence-corrected chi connectivity index (χ0v) is 6.75. The Morgan fingerprint density at radius 2 is 2.27 bits per heavy atom. The highest BCUT2D eigenvalue weighted by Gasteiger charge is 2.29. The number of hydrogen-bond donors (Lipinski definition) is 1. The van der Waals surface area contributed by atoms with E-state index >= 15 is 0 Å².